The molecular formula is C59H38. The Morgan fingerprint density at radius 1 is 0.271 bits per heavy atom. The second-order valence-electron chi connectivity index (χ2n) is 16.9. The van der Waals surface area contributed by atoms with E-state index in [0.29, 0.717) is 0 Å². The van der Waals surface area contributed by atoms with E-state index in [-0.39, 0.29) is 5.41 Å². The molecule has 59 heavy (non-hydrogen) atoms. The second-order valence-corrected chi connectivity index (χ2v) is 16.9. The highest BCUT2D eigenvalue weighted by Crippen LogP contribution is 2.55. The van der Waals surface area contributed by atoms with E-state index in [4.69, 9.17) is 0 Å². The van der Waals surface area contributed by atoms with Crippen molar-refractivity contribution in [2.24, 2.45) is 0 Å². The summed E-state index contributed by atoms with van der Waals surface area (Å²) in [5.74, 6) is 0. The van der Waals surface area contributed by atoms with Crippen LogP contribution in [-0.2, 0) is 18.3 Å². The SMILES string of the molecule is c1ccc(CC2(Cc3ccccc3)c3cc(-c4ccc5ccc6cccc7ccc4c5c67)ccc3-c3ccc(-c4ccc5ccc6cccc7ccc4c5c67)cc32)cc1. The molecule has 0 bridgehead atoms. The Morgan fingerprint density at radius 3 is 1.05 bits per heavy atom. The summed E-state index contributed by atoms with van der Waals surface area (Å²) in [6.45, 7) is 0. The normalized spacial score (nSPS) is 13.4. The molecule has 0 saturated heterocycles. The highest BCUT2D eigenvalue weighted by molar-refractivity contribution is 6.26. The topological polar surface area (TPSA) is 0 Å². The molecular weight excluding hydrogens is 709 g/mol. The van der Waals surface area contributed by atoms with Gasteiger partial charge >= 0.3 is 0 Å². The van der Waals surface area contributed by atoms with Gasteiger partial charge in [0.1, 0.15) is 0 Å². The Labute approximate surface area is 343 Å². The van der Waals surface area contributed by atoms with Gasteiger partial charge in [-0.15, -0.1) is 0 Å². The molecule has 12 aromatic carbocycles. The van der Waals surface area contributed by atoms with Crippen LogP contribution in [0.3, 0.4) is 0 Å². The van der Waals surface area contributed by atoms with Gasteiger partial charge in [-0.3, -0.25) is 0 Å². The number of hydrogen-bond donors (Lipinski definition) is 0. The van der Waals surface area contributed by atoms with E-state index in [1.807, 2.05) is 0 Å². The van der Waals surface area contributed by atoms with Gasteiger partial charge in [-0.1, -0.05) is 194 Å². The highest BCUT2D eigenvalue weighted by Gasteiger charge is 2.44. The van der Waals surface area contributed by atoms with Crippen LogP contribution in [0.5, 0.6) is 0 Å². The van der Waals surface area contributed by atoms with Crippen LogP contribution in [-0.4, -0.2) is 0 Å². The lowest BCUT2D eigenvalue weighted by molar-refractivity contribution is 0.520. The molecule has 0 nitrogen and oxygen atoms in total. The van der Waals surface area contributed by atoms with Crippen LogP contribution in [0.15, 0.2) is 206 Å². The monoisotopic (exact) mass is 746 g/mol. The lowest BCUT2D eigenvalue weighted by Crippen LogP contribution is -2.31. The van der Waals surface area contributed by atoms with E-state index in [1.165, 1.54) is 120 Å². The van der Waals surface area contributed by atoms with E-state index in [0.717, 1.165) is 12.8 Å². The van der Waals surface area contributed by atoms with Crippen molar-refractivity contribution < 1.29 is 0 Å². The minimum absolute atomic E-state index is 0.313. The number of benzene rings is 12. The third-order valence-electron chi connectivity index (χ3n) is 13.7. The maximum atomic E-state index is 2.56. The molecule has 0 atom stereocenters. The molecule has 0 fully saturated rings. The molecule has 0 heteroatoms. The molecule has 0 amide bonds. The fraction of sp³-hybridized carbons (Fsp3) is 0.0508. The fourth-order valence-corrected chi connectivity index (χ4v) is 11.1. The van der Waals surface area contributed by atoms with Crippen LogP contribution >= 0.6 is 0 Å². The predicted molar refractivity (Wildman–Crippen MR) is 251 cm³/mol. The minimum Gasteiger partial charge on any atom is -0.0622 e. The zero-order chi connectivity index (χ0) is 38.7. The third kappa shape index (κ3) is 4.78. The Hall–Kier alpha value is -7.28. The minimum atomic E-state index is -0.313. The van der Waals surface area contributed by atoms with E-state index < -0.39 is 0 Å². The summed E-state index contributed by atoms with van der Waals surface area (Å²) in [6, 6.07) is 78.3. The zero-order valence-electron chi connectivity index (χ0n) is 32.5. The molecule has 1 aliphatic carbocycles. The molecule has 274 valence electrons. The number of hydrogen-bond acceptors (Lipinski definition) is 0. The van der Waals surface area contributed by atoms with Crippen LogP contribution in [0.4, 0.5) is 0 Å². The first-order chi connectivity index (χ1) is 29.2. The molecule has 0 heterocycles. The lowest BCUT2D eigenvalue weighted by Gasteiger charge is -2.34. The maximum absolute atomic E-state index is 2.56. The summed E-state index contributed by atoms with van der Waals surface area (Å²) in [6.07, 6.45) is 1.79. The standard InChI is InChI=1S/C59H38/c1-3-9-37(10-4-1)35-59(36-38-11-5-2-6-12-38)53-33-45(47-27-21-43-19-17-39-13-7-15-41-23-31-51(47)57(43)55(39)41)25-29-49(53)50-30-26-46(34-54(50)59)48-28-22-44-20-18-40-14-8-16-42-24-32-52(48)58(44)56(40)42/h1-34H,35-36H2. The van der Waals surface area contributed by atoms with Crippen LogP contribution < -0.4 is 0 Å². The molecule has 13 rings (SSSR count). The molecule has 12 aromatic rings. The molecule has 0 radical (unpaired) electrons. The van der Waals surface area contributed by atoms with Gasteiger partial charge in [0.25, 0.3) is 0 Å². The van der Waals surface area contributed by atoms with E-state index >= 15 is 0 Å². The predicted octanol–water partition coefficient (Wildman–Crippen LogP) is 15.6. The quantitative estimate of drug-likeness (QED) is 0.149. The molecule has 0 spiro atoms. The van der Waals surface area contributed by atoms with E-state index in [2.05, 4.69) is 206 Å². The molecule has 1 aliphatic rings. The van der Waals surface area contributed by atoms with E-state index in [9.17, 15) is 0 Å². The lowest BCUT2D eigenvalue weighted by atomic mass is 9.69. The fourth-order valence-electron chi connectivity index (χ4n) is 11.1. The van der Waals surface area contributed by atoms with Gasteiger partial charge in [0.2, 0.25) is 0 Å². The summed E-state index contributed by atoms with van der Waals surface area (Å²) >= 11 is 0. The largest absolute Gasteiger partial charge is 0.0622 e. The van der Waals surface area contributed by atoms with Gasteiger partial charge < -0.3 is 0 Å². The van der Waals surface area contributed by atoms with Gasteiger partial charge in [0.15, 0.2) is 0 Å². The first kappa shape index (κ1) is 32.8. The molecule has 0 unspecified atom stereocenters. The van der Waals surface area contributed by atoms with Crippen molar-refractivity contribution in [3.63, 3.8) is 0 Å². The van der Waals surface area contributed by atoms with Crippen LogP contribution in [0.2, 0.25) is 0 Å². The maximum Gasteiger partial charge on any atom is 0.0296 e. The van der Waals surface area contributed by atoms with Crippen LogP contribution in [0, 0.1) is 0 Å². The molecule has 0 saturated carbocycles. The smallest absolute Gasteiger partial charge is 0.0296 e. The van der Waals surface area contributed by atoms with Crippen molar-refractivity contribution >= 4 is 64.6 Å². The first-order valence-electron chi connectivity index (χ1n) is 20.9. The average Bonchev–Trinajstić information content (AvgIpc) is 3.55. The van der Waals surface area contributed by atoms with Crippen molar-refractivity contribution in [2.75, 3.05) is 0 Å². The summed E-state index contributed by atoms with van der Waals surface area (Å²) in [5, 5.41) is 15.9. The van der Waals surface area contributed by atoms with Crippen molar-refractivity contribution in [2.45, 2.75) is 18.3 Å². The average molecular weight is 747 g/mol. The van der Waals surface area contributed by atoms with E-state index in [1.54, 1.807) is 0 Å². The van der Waals surface area contributed by atoms with Gasteiger partial charge in [0.05, 0.1) is 0 Å². The first-order valence-corrected chi connectivity index (χ1v) is 20.9. The Balaban J connectivity index is 1.06. The van der Waals surface area contributed by atoms with Gasteiger partial charge in [-0.25, -0.2) is 0 Å². The summed E-state index contributed by atoms with van der Waals surface area (Å²) in [5.41, 5.74) is 13.0. The summed E-state index contributed by atoms with van der Waals surface area (Å²) in [7, 11) is 0. The Kier molecular flexibility index (Phi) is 6.86. The van der Waals surface area contributed by atoms with Gasteiger partial charge in [-0.2, -0.15) is 0 Å². The number of rotatable bonds is 6. The Morgan fingerprint density at radius 2 is 0.627 bits per heavy atom. The van der Waals surface area contributed by atoms with Crippen molar-refractivity contribution in [1.29, 1.82) is 0 Å². The van der Waals surface area contributed by atoms with Crippen molar-refractivity contribution in [3.8, 4) is 33.4 Å². The highest BCUT2D eigenvalue weighted by atomic mass is 14.5. The van der Waals surface area contributed by atoms with Gasteiger partial charge in [-0.05, 0) is 145 Å². The second kappa shape index (κ2) is 12.4. The van der Waals surface area contributed by atoms with Crippen LogP contribution in [0.25, 0.3) is 98.0 Å². The molecule has 0 N–H and O–H groups in total. The summed E-state index contributed by atoms with van der Waals surface area (Å²) in [4.78, 5) is 0. The van der Waals surface area contributed by atoms with Crippen molar-refractivity contribution in [1.82, 2.24) is 0 Å². The van der Waals surface area contributed by atoms with Crippen LogP contribution in [0.1, 0.15) is 22.3 Å². The third-order valence-corrected chi connectivity index (χ3v) is 13.7. The molecule has 0 aromatic heterocycles. The zero-order valence-corrected chi connectivity index (χ0v) is 32.5. The van der Waals surface area contributed by atoms with Crippen molar-refractivity contribution in [3.05, 3.63) is 229 Å². The summed E-state index contributed by atoms with van der Waals surface area (Å²) < 4.78 is 0. The van der Waals surface area contributed by atoms with Gasteiger partial charge in [0, 0.05) is 5.41 Å². The Bertz CT molecular complexity index is 3320. The number of fused-ring (bicyclic) bond motifs is 3. The molecule has 0 aliphatic heterocycles.